The molecule has 1 amide bonds. The first-order valence-corrected chi connectivity index (χ1v) is 11.7. The molecule has 1 aromatic heterocycles. The van der Waals surface area contributed by atoms with E-state index in [9.17, 15) is 9.18 Å². The van der Waals surface area contributed by atoms with Gasteiger partial charge >= 0.3 is 177 Å². The average molecular weight is 453 g/mol. The van der Waals surface area contributed by atoms with Crippen molar-refractivity contribution in [2.45, 2.75) is 32.6 Å². The molecule has 0 N–H and O–H groups in total. The van der Waals surface area contributed by atoms with Gasteiger partial charge in [-0.25, -0.2) is 0 Å². The number of aromatic nitrogens is 1. The minimum absolute atomic E-state index is 0.0721. The van der Waals surface area contributed by atoms with E-state index in [2.05, 4.69) is 18.2 Å². The summed E-state index contributed by atoms with van der Waals surface area (Å²) in [7, 11) is 0. The van der Waals surface area contributed by atoms with E-state index in [0.29, 0.717) is 13.0 Å². The molecule has 0 bridgehead atoms. The van der Waals surface area contributed by atoms with Crippen molar-refractivity contribution in [3.8, 4) is 11.3 Å². The number of hydrogen-bond acceptors (Lipinski definition) is 2. The van der Waals surface area contributed by atoms with Gasteiger partial charge in [0.15, 0.2) is 0 Å². The van der Waals surface area contributed by atoms with Crippen LogP contribution < -0.4 is 13.8 Å². The SMILES string of the molecule is CCCC(=O)N1CCCc2cc([Se]c3ccccc3)c(-c3ccc(F)cc3)nc21. The minimum atomic E-state index is -0.262. The number of nitrogens with zero attached hydrogens (tertiary/aromatic N) is 2. The van der Waals surface area contributed by atoms with Crippen molar-refractivity contribution in [2.75, 3.05) is 11.4 Å². The molecule has 5 heteroatoms. The fourth-order valence-corrected chi connectivity index (χ4v) is 5.69. The summed E-state index contributed by atoms with van der Waals surface area (Å²) in [6, 6.07) is 19.1. The van der Waals surface area contributed by atoms with E-state index < -0.39 is 0 Å². The summed E-state index contributed by atoms with van der Waals surface area (Å²) in [5, 5.41) is 0. The third-order valence-electron chi connectivity index (χ3n) is 4.98. The van der Waals surface area contributed by atoms with Gasteiger partial charge < -0.3 is 0 Å². The first-order chi connectivity index (χ1) is 14.2. The summed E-state index contributed by atoms with van der Waals surface area (Å²) in [6.07, 6.45) is 3.24. The molecule has 0 aliphatic carbocycles. The second-order valence-corrected chi connectivity index (χ2v) is 9.48. The molecule has 4 rings (SSSR count). The van der Waals surface area contributed by atoms with Crippen molar-refractivity contribution in [1.29, 1.82) is 0 Å². The number of carbonyl (C=O) groups excluding carboxylic acids is 1. The summed E-state index contributed by atoms with van der Waals surface area (Å²) in [5.74, 6) is 0.649. The molecule has 1 aliphatic heterocycles. The van der Waals surface area contributed by atoms with Crippen molar-refractivity contribution < 1.29 is 9.18 Å². The number of pyridine rings is 1. The van der Waals surface area contributed by atoms with Gasteiger partial charge in [-0.2, -0.15) is 0 Å². The average Bonchev–Trinajstić information content (AvgIpc) is 2.74. The summed E-state index contributed by atoms with van der Waals surface area (Å²) < 4.78 is 15.9. The van der Waals surface area contributed by atoms with Crippen molar-refractivity contribution in [3.05, 3.63) is 72.0 Å². The Morgan fingerprint density at radius 1 is 1.14 bits per heavy atom. The maximum atomic E-state index is 13.5. The number of rotatable bonds is 5. The van der Waals surface area contributed by atoms with Crippen LogP contribution in [0.5, 0.6) is 0 Å². The van der Waals surface area contributed by atoms with E-state index in [1.54, 1.807) is 12.1 Å². The molecule has 3 nitrogen and oxygen atoms in total. The Balaban J connectivity index is 1.82. The van der Waals surface area contributed by atoms with Gasteiger partial charge in [-0.1, -0.05) is 0 Å². The molecule has 0 radical (unpaired) electrons. The molecule has 148 valence electrons. The molecule has 29 heavy (non-hydrogen) atoms. The first-order valence-electron chi connectivity index (χ1n) is 9.99. The monoisotopic (exact) mass is 454 g/mol. The van der Waals surface area contributed by atoms with Crippen LogP contribution in [0, 0.1) is 5.82 Å². The third-order valence-corrected chi connectivity index (χ3v) is 7.16. The van der Waals surface area contributed by atoms with E-state index >= 15 is 0 Å². The number of anilines is 1. The van der Waals surface area contributed by atoms with Gasteiger partial charge in [0.1, 0.15) is 0 Å². The predicted molar refractivity (Wildman–Crippen MR) is 117 cm³/mol. The normalized spacial score (nSPS) is 13.2. The van der Waals surface area contributed by atoms with E-state index in [1.165, 1.54) is 21.1 Å². The number of carbonyl (C=O) groups is 1. The van der Waals surface area contributed by atoms with Gasteiger partial charge in [-0.15, -0.1) is 0 Å². The van der Waals surface area contributed by atoms with Gasteiger partial charge in [0.2, 0.25) is 0 Å². The summed E-state index contributed by atoms with van der Waals surface area (Å²) in [6.45, 7) is 2.73. The number of amides is 1. The fraction of sp³-hybridized carbons (Fsp3) is 0.250. The number of benzene rings is 2. The molecule has 1 aliphatic rings. The number of fused-ring (bicyclic) bond motifs is 1. The van der Waals surface area contributed by atoms with Crippen molar-refractivity contribution in [2.24, 2.45) is 0 Å². The molecule has 0 atom stereocenters. The Morgan fingerprint density at radius 2 is 1.90 bits per heavy atom. The van der Waals surface area contributed by atoms with Crippen LogP contribution in [0.4, 0.5) is 10.2 Å². The molecular weight excluding hydrogens is 430 g/mol. The van der Waals surface area contributed by atoms with Crippen LogP contribution >= 0.6 is 0 Å². The molecule has 0 saturated heterocycles. The van der Waals surface area contributed by atoms with E-state index in [-0.39, 0.29) is 26.7 Å². The molecule has 2 aromatic carbocycles. The molecule has 2 heterocycles. The molecule has 0 unspecified atom stereocenters. The molecule has 0 saturated carbocycles. The third kappa shape index (κ3) is 4.42. The summed E-state index contributed by atoms with van der Waals surface area (Å²) in [4.78, 5) is 19.5. The van der Waals surface area contributed by atoms with Crippen molar-refractivity contribution >= 4 is 35.6 Å². The second kappa shape index (κ2) is 8.89. The van der Waals surface area contributed by atoms with Gasteiger partial charge in [0.25, 0.3) is 0 Å². The zero-order chi connectivity index (χ0) is 20.2. The standard InChI is InChI=1S/C24H23FN2OSe/c1-2-7-22(28)27-15-6-8-18-16-21(29-20-9-4-3-5-10-20)23(26-24(18)27)17-11-13-19(25)14-12-17/h3-5,9-14,16H,2,6-8,15H2,1H3. The summed E-state index contributed by atoms with van der Waals surface area (Å²) >= 11 is 0.0721. The Labute approximate surface area is 177 Å². The first kappa shape index (κ1) is 19.8. The van der Waals surface area contributed by atoms with Gasteiger partial charge in [0, 0.05) is 0 Å². The van der Waals surface area contributed by atoms with Crippen molar-refractivity contribution in [3.63, 3.8) is 0 Å². The molecule has 0 fully saturated rings. The zero-order valence-corrected chi connectivity index (χ0v) is 18.1. The topological polar surface area (TPSA) is 33.2 Å². The van der Waals surface area contributed by atoms with Gasteiger partial charge in [0.05, 0.1) is 0 Å². The van der Waals surface area contributed by atoms with Crippen LogP contribution in [-0.2, 0) is 11.2 Å². The zero-order valence-electron chi connectivity index (χ0n) is 16.4. The number of hydrogen-bond donors (Lipinski definition) is 0. The molecule has 3 aromatic rings. The van der Waals surface area contributed by atoms with Crippen LogP contribution in [0.1, 0.15) is 31.7 Å². The molecule has 0 spiro atoms. The van der Waals surface area contributed by atoms with Crippen LogP contribution in [0.3, 0.4) is 0 Å². The maximum absolute atomic E-state index is 13.5. The van der Waals surface area contributed by atoms with Crippen molar-refractivity contribution in [1.82, 2.24) is 4.98 Å². The number of aryl methyl sites for hydroxylation is 1. The van der Waals surface area contributed by atoms with E-state index in [4.69, 9.17) is 4.98 Å². The van der Waals surface area contributed by atoms with Gasteiger partial charge in [-0.3, -0.25) is 0 Å². The van der Waals surface area contributed by atoms with Crippen LogP contribution in [0.15, 0.2) is 60.7 Å². The summed E-state index contributed by atoms with van der Waals surface area (Å²) in [5.41, 5.74) is 2.87. The quantitative estimate of drug-likeness (QED) is 0.553. The van der Waals surface area contributed by atoms with Crippen LogP contribution in [0.2, 0.25) is 0 Å². The Morgan fingerprint density at radius 3 is 2.62 bits per heavy atom. The van der Waals surface area contributed by atoms with Crippen LogP contribution in [-0.4, -0.2) is 32.4 Å². The Bertz CT molecular complexity index is 1010. The fourth-order valence-electron chi connectivity index (χ4n) is 3.57. The second-order valence-electron chi connectivity index (χ2n) is 7.14. The number of halogens is 1. The Hall–Kier alpha value is -2.49. The predicted octanol–water partition coefficient (Wildman–Crippen LogP) is 3.62. The van der Waals surface area contributed by atoms with Gasteiger partial charge in [-0.05, 0) is 0 Å². The van der Waals surface area contributed by atoms with E-state index in [1.807, 2.05) is 30.0 Å². The molecular formula is C24H23FN2OSe. The van der Waals surface area contributed by atoms with E-state index in [0.717, 1.165) is 41.9 Å². The Kier molecular flexibility index (Phi) is 6.08. The van der Waals surface area contributed by atoms with Crippen LogP contribution in [0.25, 0.3) is 11.3 Å².